The molecule has 0 radical (unpaired) electrons. The lowest BCUT2D eigenvalue weighted by Gasteiger charge is -2.10. The molecule has 0 spiro atoms. The van der Waals surface area contributed by atoms with Crippen molar-refractivity contribution >= 4 is 35.6 Å². The average Bonchev–Trinajstić information content (AvgIpc) is 3.22. The fourth-order valence-electron chi connectivity index (χ4n) is 2.43. The monoisotopic (exact) mass is 446 g/mol. The van der Waals surface area contributed by atoms with Gasteiger partial charge in [-0.2, -0.15) is 0 Å². The fraction of sp³-hybridized carbons (Fsp3) is 0.588. The summed E-state index contributed by atoms with van der Waals surface area (Å²) in [5.74, 6) is 1.66. The van der Waals surface area contributed by atoms with Crippen molar-refractivity contribution in [3.8, 4) is 0 Å². The van der Waals surface area contributed by atoms with Crippen LogP contribution in [0.4, 0.5) is 5.69 Å². The van der Waals surface area contributed by atoms with E-state index in [1.807, 2.05) is 12.1 Å². The largest absolute Gasteiger partial charge is 0.357 e. The average molecular weight is 446 g/mol. The lowest BCUT2D eigenvalue weighted by atomic mass is 10.1. The van der Waals surface area contributed by atoms with Gasteiger partial charge in [0.05, 0.1) is 4.92 Å². The lowest BCUT2D eigenvalue weighted by molar-refractivity contribution is -0.384. The van der Waals surface area contributed by atoms with Gasteiger partial charge in [0.25, 0.3) is 5.69 Å². The van der Waals surface area contributed by atoms with E-state index < -0.39 is 0 Å². The predicted molar refractivity (Wildman–Crippen MR) is 108 cm³/mol. The number of nitro benzene ring substituents is 1. The van der Waals surface area contributed by atoms with E-state index in [0.29, 0.717) is 6.04 Å². The van der Waals surface area contributed by atoms with Crippen LogP contribution in [0.25, 0.3) is 0 Å². The molecule has 1 aliphatic carbocycles. The first-order valence-electron chi connectivity index (χ1n) is 8.38. The Balaban J connectivity index is 0.00000288. The van der Waals surface area contributed by atoms with Gasteiger partial charge in [-0.1, -0.05) is 19.1 Å². The summed E-state index contributed by atoms with van der Waals surface area (Å²) in [5.41, 5.74) is 1.28. The van der Waals surface area contributed by atoms with E-state index >= 15 is 0 Å². The molecule has 2 atom stereocenters. The number of nitrogens with one attached hydrogen (secondary N) is 2. The molecule has 0 bridgehead atoms. The molecular formula is C17H27IN4O2. The van der Waals surface area contributed by atoms with Crippen molar-refractivity contribution in [1.82, 2.24) is 10.6 Å². The molecule has 2 rings (SSSR count). The molecule has 0 aliphatic heterocycles. The number of aliphatic imine (C=N–C) groups is 1. The van der Waals surface area contributed by atoms with Crippen LogP contribution in [0.5, 0.6) is 0 Å². The molecule has 134 valence electrons. The van der Waals surface area contributed by atoms with Crippen LogP contribution in [0, 0.1) is 16.0 Å². The van der Waals surface area contributed by atoms with Gasteiger partial charge in [0.2, 0.25) is 0 Å². The molecular weight excluding hydrogens is 419 g/mol. The van der Waals surface area contributed by atoms with Crippen molar-refractivity contribution in [2.75, 3.05) is 13.1 Å². The zero-order chi connectivity index (χ0) is 16.7. The third-order valence-electron chi connectivity index (χ3n) is 4.07. The minimum Gasteiger partial charge on any atom is -0.357 e. The van der Waals surface area contributed by atoms with Crippen LogP contribution in [-0.4, -0.2) is 30.0 Å². The van der Waals surface area contributed by atoms with Crippen molar-refractivity contribution in [2.24, 2.45) is 10.9 Å². The number of hydrogen-bond acceptors (Lipinski definition) is 3. The highest BCUT2D eigenvalue weighted by molar-refractivity contribution is 14.0. The van der Waals surface area contributed by atoms with Crippen molar-refractivity contribution in [2.45, 2.75) is 45.6 Å². The zero-order valence-corrected chi connectivity index (χ0v) is 16.7. The Morgan fingerprint density at radius 2 is 2.00 bits per heavy atom. The summed E-state index contributed by atoms with van der Waals surface area (Å²) in [4.78, 5) is 14.8. The van der Waals surface area contributed by atoms with E-state index in [9.17, 15) is 10.1 Å². The molecule has 1 aromatic carbocycles. The van der Waals surface area contributed by atoms with Gasteiger partial charge in [0.1, 0.15) is 0 Å². The molecule has 1 aliphatic rings. The number of nitrogens with zero attached hydrogens (tertiary/aromatic N) is 2. The minimum absolute atomic E-state index is 0. The Hall–Kier alpha value is -1.38. The quantitative estimate of drug-likeness (QED) is 0.160. The Kier molecular flexibility index (Phi) is 9.02. The highest BCUT2D eigenvalue weighted by Gasteiger charge is 2.33. The normalized spacial score (nSPS) is 19.3. The first-order chi connectivity index (χ1) is 11.1. The molecule has 7 heteroatoms. The Bertz CT molecular complexity index is 548. The Morgan fingerprint density at radius 1 is 1.33 bits per heavy atom. The van der Waals surface area contributed by atoms with Crippen LogP contribution in [0.15, 0.2) is 29.3 Å². The fourth-order valence-corrected chi connectivity index (χ4v) is 2.43. The molecule has 1 saturated carbocycles. The number of unbranched alkanes of at least 4 members (excludes halogenated alkanes) is 1. The van der Waals surface area contributed by atoms with Crippen molar-refractivity contribution in [3.05, 3.63) is 39.9 Å². The van der Waals surface area contributed by atoms with E-state index in [0.717, 1.165) is 49.8 Å². The molecule has 1 fully saturated rings. The zero-order valence-electron chi connectivity index (χ0n) is 14.3. The first kappa shape index (κ1) is 20.7. The molecule has 1 aromatic rings. The summed E-state index contributed by atoms with van der Waals surface area (Å²) in [5, 5.41) is 17.3. The minimum atomic E-state index is -0.367. The number of benzene rings is 1. The summed E-state index contributed by atoms with van der Waals surface area (Å²) in [6.07, 6.45) is 4.19. The van der Waals surface area contributed by atoms with E-state index in [2.05, 4.69) is 29.5 Å². The topological polar surface area (TPSA) is 79.6 Å². The number of nitro groups is 1. The highest BCUT2D eigenvalue weighted by Crippen LogP contribution is 2.28. The number of non-ortho nitro benzene ring substituents is 1. The van der Waals surface area contributed by atoms with E-state index in [1.165, 1.54) is 6.42 Å². The second-order valence-electron chi connectivity index (χ2n) is 6.11. The van der Waals surface area contributed by atoms with E-state index in [-0.39, 0.29) is 34.6 Å². The smallest absolute Gasteiger partial charge is 0.269 e. The summed E-state index contributed by atoms with van der Waals surface area (Å²) in [6.45, 7) is 5.98. The molecule has 0 aromatic heterocycles. The summed E-state index contributed by atoms with van der Waals surface area (Å²) in [7, 11) is 0. The summed E-state index contributed by atoms with van der Waals surface area (Å²) >= 11 is 0. The second-order valence-corrected chi connectivity index (χ2v) is 6.11. The summed E-state index contributed by atoms with van der Waals surface area (Å²) in [6, 6.07) is 7.38. The van der Waals surface area contributed by atoms with Crippen molar-refractivity contribution in [1.29, 1.82) is 0 Å². The molecule has 24 heavy (non-hydrogen) atoms. The van der Waals surface area contributed by atoms with E-state index in [1.54, 1.807) is 12.1 Å². The van der Waals surface area contributed by atoms with Crippen molar-refractivity contribution in [3.63, 3.8) is 0 Å². The van der Waals surface area contributed by atoms with Gasteiger partial charge in [-0.05, 0) is 44.1 Å². The van der Waals surface area contributed by atoms with Crippen LogP contribution in [-0.2, 0) is 6.42 Å². The van der Waals surface area contributed by atoms with Crippen molar-refractivity contribution < 1.29 is 4.92 Å². The first-order valence-corrected chi connectivity index (χ1v) is 8.38. The van der Waals surface area contributed by atoms with Gasteiger partial charge in [0.15, 0.2) is 5.96 Å². The molecule has 0 saturated heterocycles. The number of halogens is 1. The lowest BCUT2D eigenvalue weighted by Crippen LogP contribution is -2.39. The number of rotatable bonds is 8. The maximum atomic E-state index is 10.6. The predicted octanol–water partition coefficient (Wildman–Crippen LogP) is 3.50. The molecule has 6 nitrogen and oxygen atoms in total. The second kappa shape index (κ2) is 10.5. The van der Waals surface area contributed by atoms with Crippen LogP contribution in [0.1, 0.15) is 38.7 Å². The van der Waals surface area contributed by atoms with Gasteiger partial charge in [-0.25, -0.2) is 0 Å². The molecule has 2 unspecified atom stereocenters. The SMILES string of the molecule is CCNC(=NCCCCc1ccc([N+](=O)[O-])cc1)NC1CC1C.I. The van der Waals surface area contributed by atoms with Gasteiger partial charge >= 0.3 is 0 Å². The van der Waals surface area contributed by atoms with Crippen LogP contribution >= 0.6 is 24.0 Å². The molecule has 0 amide bonds. The third-order valence-corrected chi connectivity index (χ3v) is 4.07. The Morgan fingerprint density at radius 3 is 2.54 bits per heavy atom. The van der Waals surface area contributed by atoms with Gasteiger partial charge in [0, 0.05) is 31.3 Å². The van der Waals surface area contributed by atoms with E-state index in [4.69, 9.17) is 0 Å². The third kappa shape index (κ3) is 7.02. The maximum Gasteiger partial charge on any atom is 0.269 e. The maximum absolute atomic E-state index is 10.6. The number of hydrogen-bond donors (Lipinski definition) is 2. The number of aryl methyl sites for hydroxylation is 1. The van der Waals surface area contributed by atoms with Crippen LogP contribution in [0.2, 0.25) is 0 Å². The van der Waals surface area contributed by atoms with Gasteiger partial charge < -0.3 is 10.6 Å². The van der Waals surface area contributed by atoms with Crippen LogP contribution < -0.4 is 10.6 Å². The summed E-state index contributed by atoms with van der Waals surface area (Å²) < 4.78 is 0. The van der Waals surface area contributed by atoms with Crippen LogP contribution in [0.3, 0.4) is 0 Å². The molecule has 0 heterocycles. The van der Waals surface area contributed by atoms with Gasteiger partial charge in [-0.15, -0.1) is 24.0 Å². The number of guanidine groups is 1. The Labute approximate surface area is 160 Å². The highest BCUT2D eigenvalue weighted by atomic mass is 127. The molecule has 2 N–H and O–H groups in total. The standard InChI is InChI=1S/C17H26N4O2.HI/c1-3-18-17(20-16-12-13(16)2)19-11-5-4-6-14-7-9-15(10-8-14)21(22)23;/h7-10,13,16H,3-6,11-12H2,1-2H3,(H2,18,19,20);1H. The van der Waals surface area contributed by atoms with Gasteiger partial charge in [-0.3, -0.25) is 15.1 Å².